The lowest BCUT2D eigenvalue weighted by atomic mass is 10.0. The van der Waals surface area contributed by atoms with Gasteiger partial charge in [-0.05, 0) is 72.7 Å². The van der Waals surface area contributed by atoms with Crippen LogP contribution in [0.2, 0.25) is 5.02 Å². The minimum Gasteiger partial charge on any atom is -0.459 e. The van der Waals surface area contributed by atoms with Crippen LogP contribution >= 0.6 is 23.8 Å². The van der Waals surface area contributed by atoms with Gasteiger partial charge in [0.2, 0.25) is 0 Å². The van der Waals surface area contributed by atoms with Gasteiger partial charge < -0.3 is 14.6 Å². The van der Waals surface area contributed by atoms with Crippen LogP contribution in [0, 0.1) is 6.92 Å². The lowest BCUT2D eigenvalue weighted by Gasteiger charge is -2.26. The Morgan fingerprint density at radius 2 is 1.88 bits per heavy atom. The van der Waals surface area contributed by atoms with Crippen LogP contribution in [0.3, 0.4) is 0 Å². The Bertz CT molecular complexity index is 1250. The van der Waals surface area contributed by atoms with Gasteiger partial charge in [0.05, 0.1) is 11.7 Å². The Morgan fingerprint density at radius 1 is 1.03 bits per heavy atom. The third kappa shape index (κ3) is 3.87. The molecule has 0 spiro atoms. The highest BCUT2D eigenvalue weighted by Gasteiger charge is 2.41. The van der Waals surface area contributed by atoms with Crippen LogP contribution in [0.1, 0.15) is 34.7 Å². The lowest BCUT2D eigenvalue weighted by Crippen LogP contribution is -2.29. The van der Waals surface area contributed by atoms with Gasteiger partial charge in [0.25, 0.3) is 0 Å². The molecule has 32 heavy (non-hydrogen) atoms. The second-order valence-electron chi connectivity index (χ2n) is 7.72. The van der Waals surface area contributed by atoms with Crippen molar-refractivity contribution in [1.82, 2.24) is 20.2 Å². The van der Waals surface area contributed by atoms with E-state index in [1.165, 1.54) is 0 Å². The molecular weight excluding hydrogens is 440 g/mol. The first-order chi connectivity index (χ1) is 15.6. The zero-order chi connectivity index (χ0) is 22.1. The molecule has 4 aromatic rings. The molecule has 1 saturated heterocycles. The number of nitrogens with one attached hydrogen (secondary N) is 1. The van der Waals surface area contributed by atoms with Crippen molar-refractivity contribution in [1.29, 1.82) is 0 Å². The van der Waals surface area contributed by atoms with Crippen LogP contribution in [0.25, 0.3) is 11.3 Å². The maximum atomic E-state index is 6.42. The molecule has 5 nitrogen and oxygen atoms in total. The Labute approximate surface area is 197 Å². The highest BCUT2D eigenvalue weighted by atomic mass is 35.5. The number of nitrogens with zero attached hydrogens (tertiary/aromatic N) is 3. The maximum absolute atomic E-state index is 6.42. The number of aromatic nitrogens is 2. The molecule has 7 heteroatoms. The normalized spacial score (nSPS) is 18.1. The number of hydrogen-bond acceptors (Lipinski definition) is 4. The third-order valence-electron chi connectivity index (χ3n) is 5.75. The number of halogens is 1. The van der Waals surface area contributed by atoms with E-state index in [0.29, 0.717) is 11.7 Å². The third-order valence-corrected chi connectivity index (χ3v) is 6.51. The molecule has 0 saturated carbocycles. The van der Waals surface area contributed by atoms with E-state index in [-0.39, 0.29) is 12.1 Å². The smallest absolute Gasteiger partial charge is 0.170 e. The van der Waals surface area contributed by atoms with E-state index in [1.807, 2.05) is 67.6 Å². The summed E-state index contributed by atoms with van der Waals surface area (Å²) in [5, 5.41) is 4.84. The predicted octanol–water partition coefficient (Wildman–Crippen LogP) is 5.87. The average molecular weight is 461 g/mol. The second kappa shape index (κ2) is 8.73. The van der Waals surface area contributed by atoms with Gasteiger partial charge in [-0.15, -0.1) is 0 Å². The topological polar surface area (TPSA) is 54.2 Å². The summed E-state index contributed by atoms with van der Waals surface area (Å²) in [4.78, 5) is 10.9. The van der Waals surface area contributed by atoms with Gasteiger partial charge in [-0.2, -0.15) is 0 Å². The molecule has 0 aliphatic carbocycles. The van der Waals surface area contributed by atoms with Crippen LogP contribution in [0.15, 0.2) is 83.7 Å². The van der Waals surface area contributed by atoms with Gasteiger partial charge in [-0.3, -0.25) is 9.97 Å². The summed E-state index contributed by atoms with van der Waals surface area (Å²) in [5.74, 6) is 1.60. The van der Waals surface area contributed by atoms with Crippen molar-refractivity contribution in [3.8, 4) is 11.3 Å². The fourth-order valence-electron chi connectivity index (χ4n) is 4.10. The monoisotopic (exact) mass is 460 g/mol. The molecule has 3 aromatic heterocycles. The zero-order valence-electron chi connectivity index (χ0n) is 17.4. The molecule has 160 valence electrons. The molecule has 0 unspecified atom stereocenters. The molecule has 1 aromatic carbocycles. The van der Waals surface area contributed by atoms with Crippen molar-refractivity contribution in [2.45, 2.75) is 25.6 Å². The number of thiocarbonyl (C=S) groups is 1. The first-order valence-corrected chi connectivity index (χ1v) is 11.1. The van der Waals surface area contributed by atoms with E-state index < -0.39 is 0 Å². The van der Waals surface area contributed by atoms with E-state index in [4.69, 9.17) is 28.2 Å². The molecule has 0 amide bonds. The predicted molar refractivity (Wildman–Crippen MR) is 129 cm³/mol. The first-order valence-electron chi connectivity index (χ1n) is 10.3. The molecule has 0 radical (unpaired) electrons. The first kappa shape index (κ1) is 20.7. The van der Waals surface area contributed by atoms with E-state index >= 15 is 0 Å². The maximum Gasteiger partial charge on any atom is 0.170 e. The number of pyridine rings is 2. The fraction of sp³-hybridized carbons (Fsp3) is 0.160. The Kier molecular flexibility index (Phi) is 5.64. The summed E-state index contributed by atoms with van der Waals surface area (Å²) < 4.78 is 6.42. The van der Waals surface area contributed by atoms with Crippen molar-refractivity contribution < 1.29 is 4.42 Å². The quantitative estimate of drug-likeness (QED) is 0.376. The van der Waals surface area contributed by atoms with Gasteiger partial charge in [-0.1, -0.05) is 29.8 Å². The van der Waals surface area contributed by atoms with Crippen LogP contribution in [-0.2, 0) is 6.54 Å². The summed E-state index contributed by atoms with van der Waals surface area (Å²) >= 11 is 12.1. The van der Waals surface area contributed by atoms with Crippen LogP contribution in [0.4, 0.5) is 0 Å². The van der Waals surface area contributed by atoms with E-state index in [2.05, 4.69) is 20.2 Å². The van der Waals surface area contributed by atoms with Crippen molar-refractivity contribution in [3.05, 3.63) is 107 Å². The largest absolute Gasteiger partial charge is 0.459 e. The van der Waals surface area contributed by atoms with Crippen molar-refractivity contribution in [2.75, 3.05) is 0 Å². The van der Waals surface area contributed by atoms with Gasteiger partial charge in [0.15, 0.2) is 5.11 Å². The second-order valence-corrected chi connectivity index (χ2v) is 8.52. The van der Waals surface area contributed by atoms with Crippen molar-refractivity contribution >= 4 is 28.9 Å². The van der Waals surface area contributed by atoms with E-state index in [9.17, 15) is 0 Å². The van der Waals surface area contributed by atoms with Gasteiger partial charge >= 0.3 is 0 Å². The summed E-state index contributed by atoms with van der Waals surface area (Å²) in [5.41, 5.74) is 4.00. The van der Waals surface area contributed by atoms with Crippen LogP contribution < -0.4 is 5.32 Å². The van der Waals surface area contributed by atoms with Gasteiger partial charge in [0, 0.05) is 35.7 Å². The number of hydrogen-bond donors (Lipinski definition) is 1. The zero-order valence-corrected chi connectivity index (χ0v) is 19.0. The standard InChI is InChI=1S/C25H21ClN4OS/c1-16-18(5-4-6-19(16)26)21-8-9-22(31-21)24-23(20-7-2-3-12-28-20)29-25(32)30(24)15-17-10-13-27-14-11-17/h2-14,23-24H,15H2,1H3,(H,29,32)/t23-,24-/m1/s1. The average Bonchev–Trinajstić information content (AvgIpc) is 3.42. The number of benzene rings is 1. The SMILES string of the molecule is Cc1c(Cl)cccc1-c1ccc([C@@H]2[C@@H](c3ccccn3)NC(=S)N2Cc2ccncc2)o1. The summed E-state index contributed by atoms with van der Waals surface area (Å²) in [6, 6.07) is 19.5. The summed E-state index contributed by atoms with van der Waals surface area (Å²) in [6.07, 6.45) is 5.38. The molecular formula is C25H21ClN4OS. The van der Waals surface area contributed by atoms with E-state index in [1.54, 1.807) is 18.6 Å². The van der Waals surface area contributed by atoms with Crippen LogP contribution in [-0.4, -0.2) is 20.0 Å². The van der Waals surface area contributed by atoms with Gasteiger partial charge in [-0.25, -0.2) is 0 Å². The molecule has 0 bridgehead atoms. The van der Waals surface area contributed by atoms with Gasteiger partial charge in [0.1, 0.15) is 17.6 Å². The molecule has 2 atom stereocenters. The van der Waals surface area contributed by atoms with Crippen LogP contribution in [0.5, 0.6) is 0 Å². The summed E-state index contributed by atoms with van der Waals surface area (Å²) in [7, 11) is 0. The molecule has 4 heterocycles. The minimum absolute atomic E-state index is 0.134. The molecule has 1 fully saturated rings. The van der Waals surface area contributed by atoms with Crippen molar-refractivity contribution in [2.24, 2.45) is 0 Å². The lowest BCUT2D eigenvalue weighted by molar-refractivity contribution is 0.269. The highest BCUT2D eigenvalue weighted by molar-refractivity contribution is 7.80. The molecule has 1 N–H and O–H groups in total. The number of furan rings is 1. The Morgan fingerprint density at radius 3 is 2.66 bits per heavy atom. The van der Waals surface area contributed by atoms with E-state index in [0.717, 1.165) is 38.9 Å². The highest BCUT2D eigenvalue weighted by Crippen LogP contribution is 2.41. The molecule has 1 aliphatic heterocycles. The minimum atomic E-state index is -0.154. The molecule has 5 rings (SSSR count). The Balaban J connectivity index is 1.56. The molecule has 1 aliphatic rings. The summed E-state index contributed by atoms with van der Waals surface area (Å²) in [6.45, 7) is 2.63. The van der Waals surface area contributed by atoms with Crippen molar-refractivity contribution in [3.63, 3.8) is 0 Å². The fourth-order valence-corrected chi connectivity index (χ4v) is 4.58. The number of rotatable bonds is 5. The Hall–Kier alpha value is -3.22.